The Morgan fingerprint density at radius 2 is 1.53 bits per heavy atom. The van der Waals surface area contributed by atoms with Gasteiger partial charge in [-0.2, -0.15) is 0 Å². The second kappa shape index (κ2) is 9.10. The molecule has 1 saturated heterocycles. The summed E-state index contributed by atoms with van der Waals surface area (Å²) < 4.78 is 2.30. The monoisotopic (exact) mass is 473 g/mol. The number of aromatic nitrogens is 3. The van der Waals surface area contributed by atoms with Crippen LogP contribution in [0.5, 0.6) is 0 Å². The van der Waals surface area contributed by atoms with Gasteiger partial charge in [-0.1, -0.05) is 55.1 Å². The third-order valence-corrected chi connectivity index (χ3v) is 8.26. The van der Waals surface area contributed by atoms with E-state index < -0.39 is 0 Å². The summed E-state index contributed by atoms with van der Waals surface area (Å²) in [4.78, 5) is 18.0. The predicted molar refractivity (Wildman–Crippen MR) is 137 cm³/mol. The number of rotatable bonds is 5. The lowest BCUT2D eigenvalue weighted by atomic mass is 10.00. The number of fused-ring (bicyclic) bond motifs is 2. The molecule has 34 heavy (non-hydrogen) atoms. The first kappa shape index (κ1) is 21.7. The van der Waals surface area contributed by atoms with Gasteiger partial charge < -0.3 is 4.90 Å². The van der Waals surface area contributed by atoms with Crippen molar-refractivity contribution in [1.29, 1.82) is 0 Å². The smallest absolute Gasteiger partial charge is 0.242 e. The Labute approximate surface area is 205 Å². The second-order valence-electron chi connectivity index (χ2n) is 9.83. The molecular weight excluding hydrogens is 442 g/mol. The molecule has 3 aromatic rings. The zero-order valence-corrected chi connectivity index (χ0v) is 20.5. The van der Waals surface area contributed by atoms with E-state index in [1.54, 1.807) is 0 Å². The summed E-state index contributed by atoms with van der Waals surface area (Å²) in [5.74, 6) is 2.20. The molecule has 2 fully saturated rings. The minimum atomic E-state index is 0.0884. The fraction of sp³-hybridized carbons (Fsp3) is 0.444. The number of carbonyl (C=O) groups is 1. The molecule has 0 unspecified atom stereocenters. The average Bonchev–Trinajstić information content (AvgIpc) is 3.64. The van der Waals surface area contributed by atoms with Gasteiger partial charge in [-0.15, -0.1) is 10.2 Å². The summed E-state index contributed by atoms with van der Waals surface area (Å²) in [6, 6.07) is 17.1. The molecule has 0 spiro atoms. The van der Waals surface area contributed by atoms with Crippen LogP contribution < -0.4 is 9.80 Å². The van der Waals surface area contributed by atoms with Crippen LogP contribution in [0.4, 0.5) is 17.3 Å². The van der Waals surface area contributed by atoms with Crippen molar-refractivity contribution in [1.82, 2.24) is 14.8 Å². The van der Waals surface area contributed by atoms with E-state index in [1.807, 2.05) is 17.0 Å². The Hall–Kier alpha value is -2.80. The number of benzene rings is 2. The predicted octanol–water partition coefficient (Wildman–Crippen LogP) is 5.40. The maximum absolute atomic E-state index is 13.7. The molecule has 0 bridgehead atoms. The van der Waals surface area contributed by atoms with Crippen molar-refractivity contribution in [3.05, 3.63) is 59.7 Å². The zero-order chi connectivity index (χ0) is 23.1. The van der Waals surface area contributed by atoms with Gasteiger partial charge in [0.05, 0.1) is 17.1 Å². The van der Waals surface area contributed by atoms with Crippen LogP contribution in [0.15, 0.2) is 53.7 Å². The largest absolute Gasteiger partial charge is 0.341 e. The maximum Gasteiger partial charge on any atom is 0.242 e. The molecule has 0 radical (unpaired) electrons. The van der Waals surface area contributed by atoms with Crippen molar-refractivity contribution < 1.29 is 4.79 Å². The number of hydrogen-bond donors (Lipinski definition) is 0. The SMILES string of the molecule is CC1CCN(c2nnc(SCC(=O)N3c4ccccc4CCc4ccccc43)n2C2CC2)CC1. The molecule has 2 aromatic carbocycles. The molecular formula is C27H31N5OS. The number of thioether (sulfide) groups is 1. The van der Waals surface area contributed by atoms with E-state index in [0.29, 0.717) is 11.8 Å². The van der Waals surface area contributed by atoms with E-state index in [4.69, 9.17) is 0 Å². The summed E-state index contributed by atoms with van der Waals surface area (Å²) in [5.41, 5.74) is 4.45. The van der Waals surface area contributed by atoms with E-state index >= 15 is 0 Å². The van der Waals surface area contributed by atoms with Gasteiger partial charge >= 0.3 is 0 Å². The van der Waals surface area contributed by atoms with Gasteiger partial charge in [0, 0.05) is 19.1 Å². The third-order valence-electron chi connectivity index (χ3n) is 7.33. The highest BCUT2D eigenvalue weighted by Crippen LogP contribution is 2.42. The quantitative estimate of drug-likeness (QED) is 0.464. The minimum absolute atomic E-state index is 0.0884. The van der Waals surface area contributed by atoms with E-state index in [2.05, 4.69) is 63.0 Å². The number of nitrogens with zero attached hydrogens (tertiary/aromatic N) is 5. The van der Waals surface area contributed by atoms with Gasteiger partial charge in [-0.25, -0.2) is 0 Å². The first-order valence-electron chi connectivity index (χ1n) is 12.5. The van der Waals surface area contributed by atoms with Crippen LogP contribution in [0.3, 0.4) is 0 Å². The first-order chi connectivity index (χ1) is 16.7. The van der Waals surface area contributed by atoms with Crippen molar-refractivity contribution in [2.24, 2.45) is 5.92 Å². The van der Waals surface area contributed by atoms with Gasteiger partial charge in [0.1, 0.15) is 0 Å². The molecule has 0 atom stereocenters. The van der Waals surface area contributed by atoms with Crippen LogP contribution in [0.2, 0.25) is 0 Å². The van der Waals surface area contributed by atoms with E-state index in [-0.39, 0.29) is 5.91 Å². The molecule has 1 aliphatic carbocycles. The van der Waals surface area contributed by atoms with Crippen LogP contribution in [-0.2, 0) is 17.6 Å². The summed E-state index contributed by atoms with van der Waals surface area (Å²) in [7, 11) is 0. The number of amides is 1. The van der Waals surface area contributed by atoms with E-state index in [9.17, 15) is 4.79 Å². The summed E-state index contributed by atoms with van der Waals surface area (Å²) in [5, 5.41) is 10.0. The second-order valence-corrected chi connectivity index (χ2v) is 10.8. The van der Waals surface area contributed by atoms with Crippen LogP contribution in [-0.4, -0.2) is 39.5 Å². The van der Waals surface area contributed by atoms with Gasteiger partial charge in [-0.3, -0.25) is 14.3 Å². The van der Waals surface area contributed by atoms with Crippen molar-refractivity contribution >= 4 is 35.0 Å². The summed E-state index contributed by atoms with van der Waals surface area (Å²) in [6.45, 7) is 4.41. The van der Waals surface area contributed by atoms with Crippen molar-refractivity contribution in [3.8, 4) is 0 Å². The normalized spacial score (nSPS) is 18.4. The lowest BCUT2D eigenvalue weighted by molar-refractivity contribution is -0.115. The van der Waals surface area contributed by atoms with Crippen molar-refractivity contribution in [3.63, 3.8) is 0 Å². The van der Waals surface area contributed by atoms with Crippen molar-refractivity contribution in [2.45, 2.75) is 56.6 Å². The Kier molecular flexibility index (Phi) is 5.81. The number of carbonyl (C=O) groups excluding carboxylic acids is 1. The highest BCUT2D eigenvalue weighted by molar-refractivity contribution is 7.99. The van der Waals surface area contributed by atoms with Crippen LogP contribution in [0.25, 0.3) is 0 Å². The Bertz CT molecular complexity index is 1150. The third kappa shape index (κ3) is 4.11. The Balaban J connectivity index is 1.26. The zero-order valence-electron chi connectivity index (χ0n) is 19.7. The average molecular weight is 474 g/mol. The van der Waals surface area contributed by atoms with Gasteiger partial charge in [0.15, 0.2) is 5.16 Å². The Morgan fingerprint density at radius 1 is 0.912 bits per heavy atom. The molecule has 7 heteroatoms. The highest BCUT2D eigenvalue weighted by atomic mass is 32.2. The van der Waals surface area contributed by atoms with E-state index in [0.717, 1.165) is 54.3 Å². The molecule has 6 rings (SSSR count). The molecule has 1 amide bonds. The van der Waals surface area contributed by atoms with E-state index in [1.165, 1.54) is 48.6 Å². The highest BCUT2D eigenvalue weighted by Gasteiger charge is 2.33. The molecule has 1 saturated carbocycles. The van der Waals surface area contributed by atoms with Crippen molar-refractivity contribution in [2.75, 3.05) is 28.6 Å². The molecule has 2 aliphatic heterocycles. The molecule has 0 N–H and O–H groups in total. The van der Waals surface area contributed by atoms with Gasteiger partial charge in [-0.05, 0) is 67.7 Å². The van der Waals surface area contributed by atoms with Gasteiger partial charge in [0.25, 0.3) is 0 Å². The summed E-state index contributed by atoms with van der Waals surface area (Å²) in [6.07, 6.45) is 6.63. The topological polar surface area (TPSA) is 54.3 Å². The fourth-order valence-electron chi connectivity index (χ4n) is 5.18. The maximum atomic E-state index is 13.7. The number of para-hydroxylation sites is 2. The van der Waals surface area contributed by atoms with Crippen LogP contribution in [0, 0.1) is 5.92 Å². The minimum Gasteiger partial charge on any atom is -0.341 e. The first-order valence-corrected chi connectivity index (χ1v) is 13.5. The van der Waals surface area contributed by atoms with Gasteiger partial charge in [0.2, 0.25) is 11.9 Å². The fourth-order valence-corrected chi connectivity index (χ4v) is 6.03. The lowest BCUT2D eigenvalue weighted by Crippen LogP contribution is -2.34. The molecule has 3 aliphatic rings. The summed E-state index contributed by atoms with van der Waals surface area (Å²) >= 11 is 1.53. The number of aryl methyl sites for hydroxylation is 2. The van der Waals surface area contributed by atoms with Crippen LogP contribution >= 0.6 is 11.8 Å². The molecule has 1 aromatic heterocycles. The molecule has 176 valence electrons. The Morgan fingerprint density at radius 3 is 2.15 bits per heavy atom. The van der Waals surface area contributed by atoms with Crippen LogP contribution in [0.1, 0.15) is 49.8 Å². The lowest BCUT2D eigenvalue weighted by Gasteiger charge is -2.31. The molecule has 6 nitrogen and oxygen atoms in total. The number of anilines is 3. The molecule has 3 heterocycles. The number of hydrogen-bond acceptors (Lipinski definition) is 5. The standard InChI is InChI=1S/C27H31N5OS/c1-19-14-16-30(17-15-19)26-28-29-27(31(26)22-12-13-22)34-18-25(33)32-23-8-4-2-6-20(23)10-11-21-7-3-5-9-24(21)32/h2-9,19,22H,10-18H2,1H3. The number of piperidine rings is 1.